The highest BCUT2D eigenvalue weighted by Gasteiger charge is 2.23. The monoisotopic (exact) mass is 278 g/mol. The fraction of sp³-hybridized carbons (Fsp3) is 0.385. The van der Waals surface area contributed by atoms with Gasteiger partial charge in [-0.05, 0) is 12.1 Å². The average Bonchev–Trinajstić information content (AvgIpc) is 2.42. The van der Waals surface area contributed by atoms with E-state index in [0.717, 1.165) is 6.54 Å². The third-order valence-corrected chi connectivity index (χ3v) is 3.33. The molecule has 0 spiro atoms. The summed E-state index contributed by atoms with van der Waals surface area (Å²) in [5.74, 6) is -0.157. The van der Waals surface area contributed by atoms with Gasteiger partial charge in [-0.15, -0.1) is 0 Å². The van der Waals surface area contributed by atoms with E-state index in [1.165, 1.54) is 0 Å². The van der Waals surface area contributed by atoms with Crippen LogP contribution in [0.15, 0.2) is 24.3 Å². The maximum absolute atomic E-state index is 12.0. The van der Waals surface area contributed by atoms with Crippen molar-refractivity contribution < 1.29 is 4.79 Å². The van der Waals surface area contributed by atoms with Gasteiger partial charge in [0.1, 0.15) is 6.04 Å². The summed E-state index contributed by atoms with van der Waals surface area (Å²) in [6.07, 6.45) is 0. The van der Waals surface area contributed by atoms with Crippen LogP contribution in [0.2, 0.25) is 5.02 Å². The van der Waals surface area contributed by atoms with E-state index in [1.54, 1.807) is 18.2 Å². The van der Waals surface area contributed by atoms with Gasteiger partial charge >= 0.3 is 0 Å². The van der Waals surface area contributed by atoms with Crippen LogP contribution in [0, 0.1) is 11.3 Å². The van der Waals surface area contributed by atoms with Gasteiger partial charge in [0.25, 0.3) is 0 Å². The minimum atomic E-state index is -0.259. The predicted octanol–water partition coefficient (Wildman–Crippen LogP) is 1.08. The van der Waals surface area contributed by atoms with Crippen molar-refractivity contribution in [3.63, 3.8) is 0 Å². The number of carbonyl (C=O) groups is 1. The van der Waals surface area contributed by atoms with Crippen LogP contribution in [0.25, 0.3) is 0 Å². The molecule has 1 amide bonds. The minimum Gasteiger partial charge on any atom is -0.324 e. The van der Waals surface area contributed by atoms with Crippen LogP contribution in [-0.2, 0) is 4.79 Å². The Morgan fingerprint density at radius 3 is 3.11 bits per heavy atom. The van der Waals surface area contributed by atoms with Crippen molar-refractivity contribution in [3.05, 3.63) is 29.3 Å². The molecule has 1 aromatic carbocycles. The Balaban J connectivity index is 1.94. The van der Waals surface area contributed by atoms with E-state index < -0.39 is 0 Å². The van der Waals surface area contributed by atoms with Gasteiger partial charge in [-0.1, -0.05) is 23.7 Å². The Kier molecular flexibility index (Phi) is 4.74. The van der Waals surface area contributed by atoms with E-state index in [9.17, 15) is 4.79 Å². The number of halogens is 1. The standard InChI is InChI=1S/C13H15ClN4O/c14-11-3-1-2-4-12(11)17-13(19)9-18-6-5-16-8-10(18)7-15/h1-4,10,16H,5-6,8-9H2,(H,17,19). The number of benzene rings is 1. The Labute approximate surface area is 117 Å². The molecule has 2 N–H and O–H groups in total. The zero-order chi connectivity index (χ0) is 13.7. The third kappa shape index (κ3) is 3.67. The van der Waals surface area contributed by atoms with E-state index in [-0.39, 0.29) is 18.5 Å². The van der Waals surface area contributed by atoms with Gasteiger partial charge in [-0.2, -0.15) is 5.26 Å². The Hall–Kier alpha value is -1.61. The number of anilines is 1. The predicted molar refractivity (Wildman–Crippen MR) is 73.9 cm³/mol. The fourth-order valence-electron chi connectivity index (χ4n) is 2.00. The highest BCUT2D eigenvalue weighted by Crippen LogP contribution is 2.20. The number of nitrogens with zero attached hydrogens (tertiary/aromatic N) is 2. The summed E-state index contributed by atoms with van der Waals surface area (Å²) >= 11 is 5.98. The van der Waals surface area contributed by atoms with Gasteiger partial charge in [0.05, 0.1) is 23.3 Å². The van der Waals surface area contributed by atoms with Crippen molar-refractivity contribution in [1.82, 2.24) is 10.2 Å². The quantitative estimate of drug-likeness (QED) is 0.868. The summed E-state index contributed by atoms with van der Waals surface area (Å²) < 4.78 is 0. The molecular weight excluding hydrogens is 264 g/mol. The number of piperazine rings is 1. The molecule has 1 atom stereocenters. The highest BCUT2D eigenvalue weighted by molar-refractivity contribution is 6.33. The number of nitrogens with one attached hydrogen (secondary N) is 2. The second kappa shape index (κ2) is 6.53. The van der Waals surface area contributed by atoms with Crippen LogP contribution in [-0.4, -0.2) is 43.0 Å². The Morgan fingerprint density at radius 1 is 1.58 bits per heavy atom. The number of carbonyl (C=O) groups excluding carboxylic acids is 1. The van der Waals surface area contributed by atoms with Crippen molar-refractivity contribution in [3.8, 4) is 6.07 Å². The number of hydrogen-bond acceptors (Lipinski definition) is 4. The first-order valence-electron chi connectivity index (χ1n) is 6.09. The smallest absolute Gasteiger partial charge is 0.238 e. The van der Waals surface area contributed by atoms with E-state index >= 15 is 0 Å². The second-order valence-corrected chi connectivity index (χ2v) is 4.75. The SMILES string of the molecule is N#CC1CNCCN1CC(=O)Nc1ccccc1Cl. The molecule has 0 radical (unpaired) electrons. The molecule has 0 aliphatic carbocycles. The molecule has 1 fully saturated rings. The normalized spacial score (nSPS) is 19.7. The minimum absolute atomic E-state index is 0.157. The maximum Gasteiger partial charge on any atom is 0.238 e. The van der Waals surface area contributed by atoms with E-state index in [0.29, 0.717) is 23.8 Å². The molecule has 1 aliphatic heterocycles. The van der Waals surface area contributed by atoms with Crippen LogP contribution < -0.4 is 10.6 Å². The molecular formula is C13H15ClN4O. The molecule has 1 unspecified atom stereocenters. The molecule has 1 saturated heterocycles. The molecule has 1 aromatic rings. The molecule has 6 heteroatoms. The molecule has 2 rings (SSSR count). The summed E-state index contributed by atoms with van der Waals surface area (Å²) in [5.41, 5.74) is 0.595. The van der Waals surface area contributed by atoms with Crippen molar-refractivity contribution in [2.24, 2.45) is 0 Å². The van der Waals surface area contributed by atoms with E-state index in [1.807, 2.05) is 11.0 Å². The van der Waals surface area contributed by atoms with Crippen LogP contribution >= 0.6 is 11.6 Å². The molecule has 0 aromatic heterocycles. The highest BCUT2D eigenvalue weighted by atomic mass is 35.5. The zero-order valence-corrected chi connectivity index (χ0v) is 11.2. The van der Waals surface area contributed by atoms with E-state index in [2.05, 4.69) is 16.7 Å². The van der Waals surface area contributed by atoms with Crippen LogP contribution in [0.5, 0.6) is 0 Å². The number of amides is 1. The molecule has 1 aliphatic rings. The molecule has 0 bridgehead atoms. The molecule has 0 saturated carbocycles. The van der Waals surface area contributed by atoms with Gasteiger partial charge in [-0.25, -0.2) is 0 Å². The number of hydrogen-bond donors (Lipinski definition) is 2. The lowest BCUT2D eigenvalue weighted by molar-refractivity contribution is -0.117. The third-order valence-electron chi connectivity index (χ3n) is 3.00. The van der Waals surface area contributed by atoms with Crippen LogP contribution in [0.3, 0.4) is 0 Å². The Morgan fingerprint density at radius 2 is 2.37 bits per heavy atom. The van der Waals surface area contributed by atoms with Crippen molar-refractivity contribution in [2.45, 2.75) is 6.04 Å². The first-order chi connectivity index (χ1) is 9.20. The van der Waals surface area contributed by atoms with Gasteiger partial charge in [-0.3, -0.25) is 9.69 Å². The molecule has 1 heterocycles. The number of nitriles is 1. The molecule has 5 nitrogen and oxygen atoms in total. The van der Waals surface area contributed by atoms with E-state index in [4.69, 9.17) is 16.9 Å². The van der Waals surface area contributed by atoms with Gasteiger partial charge in [0.15, 0.2) is 0 Å². The van der Waals surface area contributed by atoms with Crippen molar-refractivity contribution in [2.75, 3.05) is 31.5 Å². The topological polar surface area (TPSA) is 68.2 Å². The lowest BCUT2D eigenvalue weighted by atomic mass is 10.2. The van der Waals surface area contributed by atoms with Crippen LogP contribution in [0.4, 0.5) is 5.69 Å². The molecule has 19 heavy (non-hydrogen) atoms. The lowest BCUT2D eigenvalue weighted by Crippen LogP contribution is -2.52. The fourth-order valence-corrected chi connectivity index (χ4v) is 2.18. The lowest BCUT2D eigenvalue weighted by Gasteiger charge is -2.31. The number of rotatable bonds is 3. The Bertz CT molecular complexity index is 500. The van der Waals surface area contributed by atoms with Crippen molar-refractivity contribution in [1.29, 1.82) is 5.26 Å². The van der Waals surface area contributed by atoms with Crippen molar-refractivity contribution >= 4 is 23.2 Å². The van der Waals surface area contributed by atoms with Gasteiger partial charge < -0.3 is 10.6 Å². The summed E-state index contributed by atoms with van der Waals surface area (Å²) in [6, 6.07) is 9.02. The first-order valence-corrected chi connectivity index (χ1v) is 6.47. The van der Waals surface area contributed by atoms with Gasteiger partial charge in [0.2, 0.25) is 5.91 Å². The summed E-state index contributed by atoms with van der Waals surface area (Å²) in [7, 11) is 0. The summed E-state index contributed by atoms with van der Waals surface area (Å²) in [4.78, 5) is 13.8. The van der Waals surface area contributed by atoms with Gasteiger partial charge in [0, 0.05) is 19.6 Å². The summed E-state index contributed by atoms with van der Waals surface area (Å²) in [6.45, 7) is 2.27. The number of para-hydroxylation sites is 1. The summed E-state index contributed by atoms with van der Waals surface area (Å²) in [5, 5.41) is 15.4. The molecule has 100 valence electrons. The average molecular weight is 279 g/mol. The first kappa shape index (κ1) is 13.8. The largest absolute Gasteiger partial charge is 0.324 e. The maximum atomic E-state index is 12.0. The zero-order valence-electron chi connectivity index (χ0n) is 10.4. The second-order valence-electron chi connectivity index (χ2n) is 4.35. The van der Waals surface area contributed by atoms with Crippen LogP contribution in [0.1, 0.15) is 0 Å².